The molecule has 11 heteroatoms. The lowest BCUT2D eigenvalue weighted by Gasteiger charge is -2.22. The molecule has 1 heterocycles. The number of carbonyl (C=O) groups excluding carboxylic acids is 1. The number of aromatic nitrogens is 1. The van der Waals surface area contributed by atoms with Crippen molar-refractivity contribution in [2.75, 3.05) is 24.7 Å². The van der Waals surface area contributed by atoms with Crippen LogP contribution in [-0.2, 0) is 10.0 Å². The number of amides is 1. The fourth-order valence-corrected chi connectivity index (χ4v) is 7.16. The number of carbonyl (C=O) groups is 1. The molecule has 0 bridgehead atoms. The van der Waals surface area contributed by atoms with E-state index in [1.54, 1.807) is 10.5 Å². The maximum atomic E-state index is 13.8. The van der Waals surface area contributed by atoms with E-state index < -0.39 is 15.9 Å². The summed E-state index contributed by atoms with van der Waals surface area (Å²) in [4.78, 5) is 18.6. The van der Waals surface area contributed by atoms with E-state index in [9.17, 15) is 13.2 Å². The Balaban J connectivity index is 1.65. The molecule has 0 spiro atoms. The molecule has 0 aliphatic carbocycles. The van der Waals surface area contributed by atoms with Gasteiger partial charge in [0.15, 0.2) is 0 Å². The van der Waals surface area contributed by atoms with Crippen LogP contribution in [0.2, 0.25) is 0 Å². The number of hydrazone groups is 1. The normalized spacial score (nSPS) is 11.9. The van der Waals surface area contributed by atoms with E-state index in [1.165, 1.54) is 40.6 Å². The van der Waals surface area contributed by atoms with Crippen LogP contribution < -0.4 is 9.75 Å². The van der Waals surface area contributed by atoms with Gasteiger partial charge in [0.2, 0.25) is 15.2 Å². The Morgan fingerprint density at radius 1 is 0.976 bits per heavy atom. The fourth-order valence-electron chi connectivity index (χ4n) is 4.17. The highest BCUT2D eigenvalue weighted by molar-refractivity contribution is 9.10. The lowest BCUT2D eigenvalue weighted by molar-refractivity contribution is 0.0987. The van der Waals surface area contributed by atoms with Gasteiger partial charge in [-0.05, 0) is 92.1 Å². The molecule has 3 aromatic carbocycles. The zero-order valence-corrected chi connectivity index (χ0v) is 27.2. The van der Waals surface area contributed by atoms with E-state index in [-0.39, 0.29) is 4.90 Å². The summed E-state index contributed by atoms with van der Waals surface area (Å²) in [5, 5.41) is 6.19. The minimum absolute atomic E-state index is 0.167. The van der Waals surface area contributed by atoms with E-state index in [0.29, 0.717) is 30.4 Å². The number of nitrogens with zero attached hydrogens (tertiary/aromatic N) is 4. The number of sulfonamides is 1. The van der Waals surface area contributed by atoms with Crippen molar-refractivity contribution in [1.29, 1.82) is 0 Å². The topological polar surface area (TPSA) is 92.2 Å². The summed E-state index contributed by atoms with van der Waals surface area (Å²) in [6.07, 6.45) is 4.98. The smallest absolute Gasteiger partial charge is 0.280 e. The summed E-state index contributed by atoms with van der Waals surface area (Å²) in [6.45, 7) is 7.52. The van der Waals surface area contributed by atoms with Crippen LogP contribution in [0, 0.1) is 0 Å². The van der Waals surface area contributed by atoms with Crippen LogP contribution in [0.25, 0.3) is 10.2 Å². The molecule has 0 radical (unpaired) electrons. The van der Waals surface area contributed by atoms with Crippen LogP contribution in [-0.4, -0.2) is 49.5 Å². The van der Waals surface area contributed by atoms with Gasteiger partial charge < -0.3 is 4.74 Å². The molecule has 0 aliphatic heterocycles. The van der Waals surface area contributed by atoms with Gasteiger partial charge in [0.25, 0.3) is 5.91 Å². The molecule has 0 unspecified atom stereocenters. The largest absolute Gasteiger partial charge is 0.494 e. The molecule has 8 nitrogen and oxygen atoms in total. The Morgan fingerprint density at radius 2 is 1.64 bits per heavy atom. The molecule has 4 rings (SSSR count). The first kappa shape index (κ1) is 31.8. The monoisotopic (exact) mass is 670 g/mol. The van der Waals surface area contributed by atoms with Gasteiger partial charge in [-0.25, -0.2) is 13.4 Å². The Hall–Kier alpha value is -3.12. The number of halogens is 1. The molecule has 0 aliphatic rings. The number of ether oxygens (including phenoxy) is 1. The molecule has 0 N–H and O–H groups in total. The predicted octanol–water partition coefficient (Wildman–Crippen LogP) is 7.73. The Morgan fingerprint density at radius 3 is 2.26 bits per heavy atom. The number of rotatable bonds is 14. The number of hydrogen-bond acceptors (Lipinski definition) is 7. The lowest BCUT2D eigenvalue weighted by atomic mass is 10.2. The van der Waals surface area contributed by atoms with E-state index in [4.69, 9.17) is 4.74 Å². The minimum Gasteiger partial charge on any atom is -0.494 e. The standard InChI is InChI=1S/C31H35BrN4O4S2/c1-4-7-19-35(20-8-5-2)42(38,39)27-16-11-24(12-17-27)30(37)36(31-34-28-18-13-25(32)21-29(28)41-31)33-22-23-9-14-26(15-10-23)40-6-3/h9-18,21-22H,4-8,19-20H2,1-3H3/b33-22+. The summed E-state index contributed by atoms with van der Waals surface area (Å²) in [5.74, 6) is 0.324. The van der Waals surface area contributed by atoms with E-state index >= 15 is 0 Å². The number of thiazole rings is 1. The van der Waals surface area contributed by atoms with Crippen molar-refractivity contribution in [3.8, 4) is 5.75 Å². The molecule has 0 atom stereocenters. The molecule has 0 saturated heterocycles. The number of hydrogen-bond donors (Lipinski definition) is 0. The van der Waals surface area contributed by atoms with Gasteiger partial charge in [-0.3, -0.25) is 4.79 Å². The highest BCUT2D eigenvalue weighted by Crippen LogP contribution is 2.32. The molecular formula is C31H35BrN4O4S2. The van der Waals surface area contributed by atoms with Crippen LogP contribution in [0.4, 0.5) is 5.13 Å². The lowest BCUT2D eigenvalue weighted by Crippen LogP contribution is -2.33. The third-order valence-corrected chi connectivity index (χ3v) is 9.89. The van der Waals surface area contributed by atoms with Crippen LogP contribution in [0.3, 0.4) is 0 Å². The molecule has 4 aromatic rings. The quantitative estimate of drug-likeness (QED) is 0.101. The van der Waals surface area contributed by atoms with Crippen molar-refractivity contribution in [2.45, 2.75) is 51.3 Å². The molecule has 42 heavy (non-hydrogen) atoms. The van der Waals surface area contributed by atoms with Gasteiger partial charge in [0, 0.05) is 23.1 Å². The van der Waals surface area contributed by atoms with Crippen molar-refractivity contribution in [3.63, 3.8) is 0 Å². The third kappa shape index (κ3) is 7.83. The maximum absolute atomic E-state index is 13.8. The van der Waals surface area contributed by atoms with Crippen LogP contribution in [0.1, 0.15) is 62.4 Å². The zero-order chi connectivity index (χ0) is 30.1. The fraction of sp³-hybridized carbons (Fsp3) is 0.323. The summed E-state index contributed by atoms with van der Waals surface area (Å²) in [6, 6.07) is 19.2. The van der Waals surface area contributed by atoms with Gasteiger partial charge in [-0.1, -0.05) is 54.0 Å². The van der Waals surface area contributed by atoms with Crippen molar-refractivity contribution in [2.24, 2.45) is 5.10 Å². The number of benzene rings is 3. The highest BCUT2D eigenvalue weighted by atomic mass is 79.9. The second kappa shape index (κ2) is 14.9. The molecule has 0 fully saturated rings. The maximum Gasteiger partial charge on any atom is 0.280 e. The van der Waals surface area contributed by atoms with Crippen molar-refractivity contribution >= 4 is 64.8 Å². The van der Waals surface area contributed by atoms with Crippen molar-refractivity contribution in [3.05, 3.63) is 82.3 Å². The minimum atomic E-state index is -3.68. The Labute approximate surface area is 260 Å². The summed E-state index contributed by atoms with van der Waals surface area (Å²) < 4.78 is 35.7. The van der Waals surface area contributed by atoms with E-state index in [2.05, 4.69) is 26.0 Å². The Bertz CT molecular complexity index is 1610. The molecular weight excluding hydrogens is 636 g/mol. The van der Waals surface area contributed by atoms with E-state index in [1.807, 2.05) is 63.2 Å². The average Bonchev–Trinajstić information content (AvgIpc) is 3.41. The highest BCUT2D eigenvalue weighted by Gasteiger charge is 2.25. The predicted molar refractivity (Wildman–Crippen MR) is 174 cm³/mol. The van der Waals surface area contributed by atoms with Crippen LogP contribution >= 0.6 is 27.3 Å². The third-order valence-electron chi connectivity index (χ3n) is 6.49. The number of anilines is 1. The second-order valence-corrected chi connectivity index (χ2v) is 13.5. The molecule has 1 amide bonds. The average molecular weight is 672 g/mol. The summed E-state index contributed by atoms with van der Waals surface area (Å²) in [7, 11) is -3.68. The first-order valence-corrected chi connectivity index (χ1v) is 17.1. The van der Waals surface area contributed by atoms with E-state index in [0.717, 1.165) is 51.7 Å². The summed E-state index contributed by atoms with van der Waals surface area (Å²) >= 11 is 4.83. The van der Waals surface area contributed by atoms with Gasteiger partial charge in [0.1, 0.15) is 5.75 Å². The molecule has 1 aromatic heterocycles. The van der Waals surface area contributed by atoms with Gasteiger partial charge >= 0.3 is 0 Å². The van der Waals surface area contributed by atoms with Crippen LogP contribution in [0.5, 0.6) is 5.75 Å². The number of unbranched alkanes of at least 4 members (excludes halogenated alkanes) is 2. The van der Waals surface area contributed by atoms with Gasteiger partial charge in [-0.2, -0.15) is 14.4 Å². The first-order valence-electron chi connectivity index (χ1n) is 14.0. The second-order valence-electron chi connectivity index (χ2n) is 9.61. The zero-order valence-electron chi connectivity index (χ0n) is 24.0. The molecule has 222 valence electrons. The summed E-state index contributed by atoms with van der Waals surface area (Å²) in [5.41, 5.74) is 1.82. The first-order chi connectivity index (χ1) is 20.3. The Kier molecular flexibility index (Phi) is 11.3. The molecule has 0 saturated carbocycles. The van der Waals surface area contributed by atoms with Crippen molar-refractivity contribution < 1.29 is 17.9 Å². The van der Waals surface area contributed by atoms with Crippen molar-refractivity contribution in [1.82, 2.24) is 9.29 Å². The SMILES string of the molecule is CCCCN(CCCC)S(=O)(=O)c1ccc(C(=O)N(/N=C/c2ccc(OCC)cc2)c2nc3ccc(Br)cc3s2)cc1. The van der Waals surface area contributed by atoms with Gasteiger partial charge in [0.05, 0.1) is 27.9 Å². The van der Waals surface area contributed by atoms with Gasteiger partial charge in [-0.15, -0.1) is 0 Å². The van der Waals surface area contributed by atoms with Crippen LogP contribution in [0.15, 0.2) is 81.2 Å². The number of fused-ring (bicyclic) bond motifs is 1.